The summed E-state index contributed by atoms with van der Waals surface area (Å²) in [5, 5.41) is 8.21. The van der Waals surface area contributed by atoms with E-state index in [0.29, 0.717) is 5.69 Å². The zero-order valence-electron chi connectivity index (χ0n) is 16.5. The number of carboxylic acids is 1. The molecule has 2 aliphatic heterocycles. The molecule has 0 aromatic carbocycles. The lowest BCUT2D eigenvalue weighted by Crippen LogP contribution is -2.62. The lowest BCUT2D eigenvalue weighted by atomic mass is 10.0. The van der Waals surface area contributed by atoms with Crippen LogP contribution >= 0.6 is 0 Å². The molecule has 1 fully saturated rings. The van der Waals surface area contributed by atoms with Crippen LogP contribution in [0, 0.1) is 0 Å². The first-order chi connectivity index (χ1) is 13.9. The fourth-order valence-corrected chi connectivity index (χ4v) is 5.04. The van der Waals surface area contributed by atoms with Crippen LogP contribution in [0.1, 0.15) is 26.5 Å². The quantitative estimate of drug-likeness (QED) is 0.428. The molecule has 9 nitrogen and oxygen atoms in total. The second-order valence-electron chi connectivity index (χ2n) is 7.73. The van der Waals surface area contributed by atoms with Crippen LogP contribution in [0.15, 0.2) is 53.4 Å². The summed E-state index contributed by atoms with van der Waals surface area (Å²) in [6, 6.07) is 4.95. The van der Waals surface area contributed by atoms with Gasteiger partial charge in [-0.2, -0.15) is 0 Å². The van der Waals surface area contributed by atoms with E-state index < -0.39 is 50.1 Å². The number of carbonyl (C=O) groups is 3. The van der Waals surface area contributed by atoms with Crippen molar-refractivity contribution in [1.82, 2.24) is 9.88 Å². The molecule has 1 aromatic heterocycles. The Morgan fingerprint density at radius 1 is 1.30 bits per heavy atom. The predicted octanol–water partition coefficient (Wildman–Crippen LogP) is 1.30. The highest BCUT2D eigenvalue weighted by Crippen LogP contribution is 2.41. The van der Waals surface area contributed by atoms with Gasteiger partial charge in [0.1, 0.15) is 11.3 Å². The third-order valence-corrected chi connectivity index (χ3v) is 6.09. The van der Waals surface area contributed by atoms with Gasteiger partial charge in [0.25, 0.3) is 5.91 Å². The number of allylic oxidation sites excluding steroid dienone is 1. The maximum Gasteiger partial charge on any atom is 0.352 e. The third-order valence-electron chi connectivity index (χ3n) is 4.23. The number of pyridine rings is 1. The van der Waals surface area contributed by atoms with E-state index in [1.807, 2.05) is 0 Å². The van der Waals surface area contributed by atoms with Gasteiger partial charge in [0.05, 0.1) is 17.0 Å². The molecule has 0 aliphatic carbocycles. The normalized spacial score (nSPS) is 22.1. The minimum Gasteiger partial charge on any atom is -0.477 e. The standard InChI is InChI=1S/C20H20N2O7S/c1-20(2,3)29-15(23)8-7-12-11-30(27,28)18-14(10-13-6-4-5-9-21-13)17(24)22(18)16(12)19(25)26/h4-10,18H,11H2,1-3H3,(H,25,26)/b8-7+,14-10-/t18-/m0/s1. The molecule has 0 spiro atoms. The number of esters is 1. The molecule has 0 unspecified atom stereocenters. The molecule has 1 amide bonds. The smallest absolute Gasteiger partial charge is 0.352 e. The van der Waals surface area contributed by atoms with Crippen LogP contribution in [0.5, 0.6) is 0 Å². The number of hydrogen-bond acceptors (Lipinski definition) is 7. The van der Waals surface area contributed by atoms with Crippen molar-refractivity contribution < 1.29 is 32.6 Å². The number of aliphatic carboxylic acids is 1. The van der Waals surface area contributed by atoms with Crippen molar-refractivity contribution in [2.45, 2.75) is 31.7 Å². The average Bonchev–Trinajstić information content (AvgIpc) is 2.62. The van der Waals surface area contributed by atoms with Crippen LogP contribution in [0.4, 0.5) is 0 Å². The van der Waals surface area contributed by atoms with Crippen molar-refractivity contribution in [3.8, 4) is 0 Å². The molecule has 1 saturated heterocycles. The first kappa shape index (κ1) is 21.4. The zero-order valence-corrected chi connectivity index (χ0v) is 17.3. The Morgan fingerprint density at radius 3 is 2.57 bits per heavy atom. The van der Waals surface area contributed by atoms with Crippen molar-refractivity contribution in [3.63, 3.8) is 0 Å². The Balaban J connectivity index is 2.00. The molecule has 10 heteroatoms. The molecule has 0 bridgehead atoms. The molecule has 1 aromatic rings. The van der Waals surface area contributed by atoms with Gasteiger partial charge in [-0.15, -0.1) is 0 Å². The van der Waals surface area contributed by atoms with E-state index in [-0.39, 0.29) is 11.1 Å². The Morgan fingerprint density at radius 2 is 2.00 bits per heavy atom. The predicted molar refractivity (Wildman–Crippen MR) is 106 cm³/mol. The van der Waals surface area contributed by atoms with Gasteiger partial charge in [-0.25, -0.2) is 18.0 Å². The zero-order chi connectivity index (χ0) is 22.3. The summed E-state index contributed by atoms with van der Waals surface area (Å²) >= 11 is 0. The summed E-state index contributed by atoms with van der Waals surface area (Å²) in [6.07, 6.45) is 4.85. The molecule has 0 radical (unpaired) electrons. The van der Waals surface area contributed by atoms with E-state index >= 15 is 0 Å². The number of fused-ring (bicyclic) bond motifs is 1. The summed E-state index contributed by atoms with van der Waals surface area (Å²) in [5.74, 6) is -3.61. The summed E-state index contributed by atoms with van der Waals surface area (Å²) < 4.78 is 30.7. The van der Waals surface area contributed by atoms with E-state index in [1.54, 1.807) is 39.0 Å². The molecular weight excluding hydrogens is 412 g/mol. The van der Waals surface area contributed by atoms with Gasteiger partial charge in [0.15, 0.2) is 15.2 Å². The molecule has 30 heavy (non-hydrogen) atoms. The minimum absolute atomic E-state index is 0.0531. The highest BCUT2D eigenvalue weighted by molar-refractivity contribution is 7.92. The van der Waals surface area contributed by atoms with Crippen molar-refractivity contribution in [1.29, 1.82) is 0 Å². The van der Waals surface area contributed by atoms with Crippen molar-refractivity contribution >= 4 is 33.8 Å². The first-order valence-corrected chi connectivity index (χ1v) is 10.7. The van der Waals surface area contributed by atoms with Crippen molar-refractivity contribution in [2.75, 3.05) is 5.75 Å². The highest BCUT2D eigenvalue weighted by Gasteiger charge is 2.56. The van der Waals surface area contributed by atoms with Gasteiger partial charge in [-0.3, -0.25) is 14.7 Å². The Labute approximate surface area is 173 Å². The summed E-state index contributed by atoms with van der Waals surface area (Å²) in [4.78, 5) is 41.1. The number of β-lactam (4-membered cyclic amide) rings is 1. The lowest BCUT2D eigenvalue weighted by molar-refractivity contribution is -0.148. The second-order valence-corrected chi connectivity index (χ2v) is 9.80. The topological polar surface area (TPSA) is 131 Å². The molecule has 1 N–H and O–H groups in total. The molecule has 2 aliphatic rings. The van der Waals surface area contributed by atoms with Gasteiger partial charge in [0.2, 0.25) is 0 Å². The number of nitrogens with zero attached hydrogens (tertiary/aromatic N) is 2. The number of aromatic nitrogens is 1. The maximum absolute atomic E-state index is 12.8. The number of ether oxygens (including phenoxy) is 1. The van der Waals surface area contributed by atoms with Crippen LogP contribution in [0.2, 0.25) is 0 Å². The molecule has 1 atom stereocenters. The Hall–Kier alpha value is -3.27. The fraction of sp³-hybridized carbons (Fsp3) is 0.300. The van der Waals surface area contributed by atoms with Crippen LogP contribution in [0.25, 0.3) is 6.08 Å². The average molecular weight is 432 g/mol. The molecule has 3 heterocycles. The van der Waals surface area contributed by atoms with Gasteiger partial charge in [-0.1, -0.05) is 6.07 Å². The molecular formula is C20H20N2O7S. The van der Waals surface area contributed by atoms with E-state index in [2.05, 4.69) is 4.98 Å². The Bertz CT molecular complexity index is 1110. The number of carbonyl (C=O) groups excluding carboxylic acids is 2. The molecule has 3 rings (SSSR count). The van der Waals surface area contributed by atoms with Crippen molar-refractivity contribution in [2.24, 2.45) is 0 Å². The van der Waals surface area contributed by atoms with E-state index in [1.165, 1.54) is 12.3 Å². The van der Waals surface area contributed by atoms with Crippen LogP contribution in [0.3, 0.4) is 0 Å². The largest absolute Gasteiger partial charge is 0.477 e. The SMILES string of the molecule is CC(C)(C)OC(=O)/C=C/C1=C(C(=O)O)N2C(=O)/C(=C/c3ccccn3)[C@@H]2S(=O)(=O)C1. The number of rotatable bonds is 4. The number of carboxylic acid groups (broad SMARTS) is 1. The van der Waals surface area contributed by atoms with Gasteiger partial charge in [0, 0.05) is 12.3 Å². The summed E-state index contributed by atoms with van der Waals surface area (Å²) in [5.41, 5.74) is -1.09. The van der Waals surface area contributed by atoms with E-state index in [0.717, 1.165) is 17.1 Å². The van der Waals surface area contributed by atoms with Crippen molar-refractivity contribution in [3.05, 3.63) is 59.1 Å². The summed E-state index contributed by atoms with van der Waals surface area (Å²) in [6.45, 7) is 4.97. The second kappa shape index (κ2) is 7.52. The maximum atomic E-state index is 12.8. The summed E-state index contributed by atoms with van der Waals surface area (Å²) in [7, 11) is -3.94. The van der Waals surface area contributed by atoms with Crippen LogP contribution in [-0.4, -0.2) is 58.0 Å². The van der Waals surface area contributed by atoms with Crippen LogP contribution in [-0.2, 0) is 29.0 Å². The Kier molecular flexibility index (Phi) is 5.38. The minimum atomic E-state index is -3.94. The van der Waals surface area contributed by atoms with Gasteiger partial charge < -0.3 is 9.84 Å². The van der Waals surface area contributed by atoms with Gasteiger partial charge in [-0.05, 0) is 50.6 Å². The number of amides is 1. The monoisotopic (exact) mass is 432 g/mol. The number of sulfone groups is 1. The lowest BCUT2D eigenvalue weighted by Gasteiger charge is -2.45. The van der Waals surface area contributed by atoms with E-state index in [4.69, 9.17) is 4.74 Å². The highest BCUT2D eigenvalue weighted by atomic mass is 32.2. The fourth-order valence-electron chi connectivity index (χ4n) is 3.14. The number of hydrogen-bond donors (Lipinski definition) is 1. The van der Waals surface area contributed by atoms with E-state index in [9.17, 15) is 27.9 Å². The third kappa shape index (κ3) is 4.18. The van der Waals surface area contributed by atoms with Crippen LogP contribution < -0.4 is 0 Å². The van der Waals surface area contributed by atoms with Gasteiger partial charge >= 0.3 is 11.9 Å². The molecule has 158 valence electrons. The molecule has 0 saturated carbocycles. The first-order valence-electron chi connectivity index (χ1n) is 8.96.